The van der Waals surface area contributed by atoms with Crippen LogP contribution in [0.4, 0.5) is 0 Å². The number of hydrogen-bond donors (Lipinski definition) is 7. The van der Waals surface area contributed by atoms with Crippen molar-refractivity contribution in [3.63, 3.8) is 0 Å². The Morgan fingerprint density at radius 2 is 1.45 bits per heavy atom. The first-order valence-electron chi connectivity index (χ1n) is 11.8. The van der Waals surface area contributed by atoms with Crippen molar-refractivity contribution in [1.29, 1.82) is 0 Å². The number of esters is 2. The summed E-state index contributed by atoms with van der Waals surface area (Å²) in [5, 5.41) is 64.5. The van der Waals surface area contributed by atoms with Crippen molar-refractivity contribution in [3.8, 4) is 11.5 Å². The third-order valence-corrected chi connectivity index (χ3v) is 7.52. The highest BCUT2D eigenvalue weighted by Crippen LogP contribution is 2.48. The van der Waals surface area contributed by atoms with Crippen LogP contribution in [0.2, 0.25) is 0 Å². The second-order valence-electron chi connectivity index (χ2n) is 9.49. The Bertz CT molecular complexity index is 1850. The van der Waals surface area contributed by atoms with Gasteiger partial charge in [-0.2, -0.15) is 0 Å². The number of carbonyl (C=O) groups excluding carboxylic acids is 2. The Morgan fingerprint density at radius 3 is 2.16 bits per heavy atom. The number of cyclic esters (lactones) is 2. The number of ether oxygens (including phenoxy) is 2. The molecule has 4 heterocycles. The van der Waals surface area contributed by atoms with Crippen LogP contribution in [0.1, 0.15) is 26.9 Å². The average Bonchev–Trinajstić information content (AvgIpc) is 3.53. The first-order chi connectivity index (χ1) is 18.2. The van der Waals surface area contributed by atoms with E-state index in [0.29, 0.717) is 10.8 Å². The lowest BCUT2D eigenvalue weighted by Gasteiger charge is -2.41. The molecule has 0 spiro atoms. The van der Waals surface area contributed by atoms with Crippen LogP contribution in [0.3, 0.4) is 0 Å². The van der Waals surface area contributed by atoms with Gasteiger partial charge in [0, 0.05) is 21.5 Å². The first-order valence-corrected chi connectivity index (χ1v) is 11.8. The standard InChI is InChI=1S/C26H20N2O10/c29-7-12-21(32)22(33)23(34)24(37-12)28-19-9(4-2-6-11(19)31)14-16-15(25(35)38-26(16)36)13-8-3-1-5-10(30)17(8)27-18(13)20(14)28/h1-6,12,21-24,27,29-34H,7H2/t12-,21-,22+,23-,24-/m1/s1. The van der Waals surface area contributed by atoms with Crippen molar-refractivity contribution in [2.45, 2.75) is 30.6 Å². The molecule has 0 saturated carbocycles. The van der Waals surface area contributed by atoms with Crippen LogP contribution in [-0.4, -0.2) is 83.2 Å². The molecule has 5 aromatic rings. The van der Waals surface area contributed by atoms with Gasteiger partial charge in [0.05, 0.1) is 39.8 Å². The third-order valence-electron chi connectivity index (χ3n) is 7.52. The lowest BCUT2D eigenvalue weighted by Crippen LogP contribution is -2.56. The van der Waals surface area contributed by atoms with Gasteiger partial charge in [0.15, 0.2) is 6.23 Å². The van der Waals surface area contributed by atoms with E-state index < -0.39 is 49.2 Å². The van der Waals surface area contributed by atoms with E-state index in [9.17, 15) is 40.2 Å². The van der Waals surface area contributed by atoms with Crippen molar-refractivity contribution in [2.24, 2.45) is 0 Å². The summed E-state index contributed by atoms with van der Waals surface area (Å²) in [6.45, 7) is -0.684. The minimum absolute atomic E-state index is 0.0226. The van der Waals surface area contributed by atoms with E-state index in [4.69, 9.17) is 9.47 Å². The van der Waals surface area contributed by atoms with Crippen molar-refractivity contribution in [1.82, 2.24) is 9.55 Å². The molecule has 2 aliphatic heterocycles. The number of aromatic amines is 1. The molecule has 7 rings (SSSR count). The van der Waals surface area contributed by atoms with Crippen LogP contribution in [0.25, 0.3) is 43.6 Å². The quantitative estimate of drug-likeness (QED) is 0.131. The molecule has 0 aliphatic carbocycles. The molecule has 0 unspecified atom stereocenters. The number of aromatic hydroxyl groups is 2. The molecular weight excluding hydrogens is 500 g/mol. The SMILES string of the molecule is O=C1OC(=O)c2c1c1c3cccc(O)c3[nH]c1c1c2c2cccc(O)c2n1[C@@H]1O[C@H](CO)[C@@H](O)[C@H](O)[C@H]1O. The molecule has 1 fully saturated rings. The average molecular weight is 520 g/mol. The van der Waals surface area contributed by atoms with E-state index >= 15 is 0 Å². The minimum Gasteiger partial charge on any atom is -0.506 e. The number of phenolic OH excluding ortho intramolecular Hbond substituents is 2. The number of para-hydroxylation sites is 2. The summed E-state index contributed by atoms with van der Waals surface area (Å²) in [5.41, 5.74) is 0.721. The second kappa shape index (κ2) is 7.66. The number of aliphatic hydroxyl groups excluding tert-OH is 4. The van der Waals surface area contributed by atoms with Gasteiger partial charge in [-0.1, -0.05) is 24.3 Å². The highest BCUT2D eigenvalue weighted by molar-refractivity contribution is 6.37. The van der Waals surface area contributed by atoms with Crippen molar-refractivity contribution in [2.75, 3.05) is 6.61 Å². The topological polar surface area (TPSA) is 195 Å². The summed E-state index contributed by atoms with van der Waals surface area (Å²) >= 11 is 0. The molecule has 5 atom stereocenters. The van der Waals surface area contributed by atoms with Gasteiger partial charge in [0.2, 0.25) is 0 Å². The summed E-state index contributed by atoms with van der Waals surface area (Å²) < 4.78 is 12.2. The summed E-state index contributed by atoms with van der Waals surface area (Å²) in [6, 6.07) is 9.17. The normalized spacial score (nSPS) is 25.6. The van der Waals surface area contributed by atoms with Gasteiger partial charge < -0.3 is 49.7 Å². The van der Waals surface area contributed by atoms with Crippen molar-refractivity contribution >= 4 is 55.6 Å². The number of aromatic nitrogens is 2. The van der Waals surface area contributed by atoms with Crippen LogP contribution in [0.15, 0.2) is 36.4 Å². The van der Waals surface area contributed by atoms with Crippen LogP contribution >= 0.6 is 0 Å². The molecule has 2 aliphatic rings. The van der Waals surface area contributed by atoms with Gasteiger partial charge in [-0.15, -0.1) is 0 Å². The zero-order chi connectivity index (χ0) is 26.6. The summed E-state index contributed by atoms with van der Waals surface area (Å²) in [4.78, 5) is 29.1. The van der Waals surface area contributed by atoms with Gasteiger partial charge in [0.1, 0.15) is 35.9 Å². The molecule has 12 heteroatoms. The lowest BCUT2D eigenvalue weighted by molar-refractivity contribution is -0.249. The monoisotopic (exact) mass is 520 g/mol. The molecule has 0 amide bonds. The molecule has 7 N–H and O–H groups in total. The summed E-state index contributed by atoms with van der Waals surface area (Å²) in [5.74, 6) is -2.19. The van der Waals surface area contributed by atoms with E-state index in [1.54, 1.807) is 18.2 Å². The van der Waals surface area contributed by atoms with E-state index in [1.165, 1.54) is 22.8 Å². The number of nitrogens with one attached hydrogen (secondary N) is 1. The summed E-state index contributed by atoms with van der Waals surface area (Å²) in [7, 11) is 0. The number of nitrogens with zero attached hydrogens (tertiary/aromatic N) is 1. The molecule has 194 valence electrons. The highest BCUT2D eigenvalue weighted by atomic mass is 16.6. The highest BCUT2D eigenvalue weighted by Gasteiger charge is 2.46. The number of aliphatic hydroxyl groups is 4. The Balaban J connectivity index is 1.74. The molecule has 1 saturated heterocycles. The number of H-pyrrole nitrogens is 1. The fourth-order valence-corrected chi connectivity index (χ4v) is 5.88. The number of carbonyl (C=O) groups is 2. The Hall–Kier alpha value is -4.20. The Morgan fingerprint density at radius 1 is 0.789 bits per heavy atom. The number of benzene rings is 3. The molecule has 38 heavy (non-hydrogen) atoms. The molecular formula is C26H20N2O10. The lowest BCUT2D eigenvalue weighted by atomic mass is 9.96. The minimum atomic E-state index is -1.74. The number of hydrogen-bond acceptors (Lipinski definition) is 10. The van der Waals surface area contributed by atoms with E-state index in [-0.39, 0.29) is 55.5 Å². The van der Waals surface area contributed by atoms with Crippen LogP contribution < -0.4 is 0 Å². The zero-order valence-electron chi connectivity index (χ0n) is 19.3. The largest absolute Gasteiger partial charge is 0.506 e. The number of fused-ring (bicyclic) bond motifs is 10. The predicted molar refractivity (Wildman–Crippen MR) is 131 cm³/mol. The van der Waals surface area contributed by atoms with Gasteiger partial charge in [-0.25, -0.2) is 9.59 Å². The van der Waals surface area contributed by atoms with Crippen molar-refractivity contribution < 1.29 is 49.7 Å². The maximum Gasteiger partial charge on any atom is 0.347 e. The van der Waals surface area contributed by atoms with Gasteiger partial charge in [-0.05, 0) is 12.1 Å². The summed E-state index contributed by atoms with van der Waals surface area (Å²) in [6.07, 6.45) is -7.82. The number of phenols is 2. The molecule has 3 aromatic carbocycles. The fraction of sp³-hybridized carbons (Fsp3) is 0.231. The maximum atomic E-state index is 13.1. The molecule has 12 nitrogen and oxygen atoms in total. The number of rotatable bonds is 2. The van der Waals surface area contributed by atoms with Gasteiger partial charge in [0.25, 0.3) is 0 Å². The van der Waals surface area contributed by atoms with E-state index in [2.05, 4.69) is 4.98 Å². The molecule has 0 bridgehead atoms. The molecule has 2 aromatic heterocycles. The fourth-order valence-electron chi connectivity index (χ4n) is 5.88. The molecule has 0 radical (unpaired) electrons. The van der Waals surface area contributed by atoms with Crippen LogP contribution in [0.5, 0.6) is 11.5 Å². The van der Waals surface area contributed by atoms with Crippen molar-refractivity contribution in [3.05, 3.63) is 47.5 Å². The smallest absolute Gasteiger partial charge is 0.347 e. The van der Waals surface area contributed by atoms with Crippen LogP contribution in [-0.2, 0) is 9.47 Å². The Labute approximate surface area is 211 Å². The predicted octanol–water partition coefficient (Wildman–Crippen LogP) is 1.12. The van der Waals surface area contributed by atoms with Crippen LogP contribution in [0, 0.1) is 0 Å². The zero-order valence-corrected chi connectivity index (χ0v) is 19.3. The second-order valence-corrected chi connectivity index (χ2v) is 9.49. The Kier molecular flexibility index (Phi) is 4.63. The van der Waals surface area contributed by atoms with E-state index in [0.717, 1.165) is 0 Å². The maximum absolute atomic E-state index is 13.1. The van der Waals surface area contributed by atoms with Gasteiger partial charge >= 0.3 is 11.9 Å². The van der Waals surface area contributed by atoms with E-state index in [1.807, 2.05) is 0 Å². The first kappa shape index (κ1) is 23.0. The third kappa shape index (κ3) is 2.69. The van der Waals surface area contributed by atoms with Gasteiger partial charge in [-0.3, -0.25) is 0 Å².